The van der Waals surface area contributed by atoms with Crippen LogP contribution in [0.25, 0.3) is 0 Å². The van der Waals surface area contributed by atoms with Gasteiger partial charge >= 0.3 is 11.9 Å². The summed E-state index contributed by atoms with van der Waals surface area (Å²) < 4.78 is 11.0. The second-order valence-corrected chi connectivity index (χ2v) is 5.30. The molecule has 1 aromatic carbocycles. The summed E-state index contributed by atoms with van der Waals surface area (Å²) in [7, 11) is 0. The molecule has 0 aliphatic heterocycles. The molecule has 1 aliphatic carbocycles. The third-order valence-corrected chi connectivity index (χ3v) is 3.68. The van der Waals surface area contributed by atoms with Crippen molar-refractivity contribution in [3.05, 3.63) is 29.8 Å². The molecule has 1 aliphatic rings. The molecule has 5 nitrogen and oxygen atoms in total. The molecule has 2 rings (SSSR count). The summed E-state index contributed by atoms with van der Waals surface area (Å²) in [5.74, 6) is -1.12. The molecule has 1 atom stereocenters. The first-order chi connectivity index (χ1) is 10.1. The molecule has 114 valence electrons. The molecule has 0 amide bonds. The third-order valence-electron chi connectivity index (χ3n) is 3.68. The number of carboxylic acids is 1. The van der Waals surface area contributed by atoms with Gasteiger partial charge in [0.05, 0.1) is 0 Å². The quantitative estimate of drug-likeness (QED) is 0.666. The lowest BCUT2D eigenvalue weighted by Gasteiger charge is -2.30. The largest absolute Gasteiger partial charge is 0.478 e. The topological polar surface area (TPSA) is 72.8 Å². The number of carbonyl (C=O) groups excluding carboxylic acids is 1. The molecule has 0 heterocycles. The zero-order chi connectivity index (χ0) is 15.2. The van der Waals surface area contributed by atoms with Gasteiger partial charge < -0.3 is 14.6 Å². The molecule has 1 N–H and O–H groups in total. The van der Waals surface area contributed by atoms with Crippen LogP contribution < -0.4 is 4.74 Å². The number of ether oxygens (including phenoxy) is 2. The number of benzene rings is 1. The van der Waals surface area contributed by atoms with Crippen molar-refractivity contribution < 1.29 is 24.2 Å². The zero-order valence-electron chi connectivity index (χ0n) is 12.1. The second-order valence-electron chi connectivity index (χ2n) is 5.30. The molecule has 0 aromatic heterocycles. The molecule has 0 radical (unpaired) electrons. The van der Waals surface area contributed by atoms with Crippen LogP contribution in [-0.2, 0) is 9.53 Å². The van der Waals surface area contributed by atoms with Crippen LogP contribution >= 0.6 is 0 Å². The summed E-state index contributed by atoms with van der Waals surface area (Å²) in [5.41, 5.74) is 0.0745. The van der Waals surface area contributed by atoms with Gasteiger partial charge in [-0.05, 0) is 25.0 Å². The Morgan fingerprint density at radius 2 is 1.86 bits per heavy atom. The smallest absolute Gasteiger partial charge is 0.339 e. The molecule has 5 heteroatoms. The molecular formula is C16H20O5. The first-order valence-electron chi connectivity index (χ1n) is 7.24. The molecule has 0 bridgehead atoms. The Balaban J connectivity index is 2.18. The van der Waals surface area contributed by atoms with Gasteiger partial charge in [0, 0.05) is 12.8 Å². The van der Waals surface area contributed by atoms with Crippen LogP contribution in [0.1, 0.15) is 49.4 Å². The standard InChI is InChI=1S/C16H20O5/c1-11(17)20-16(12-7-3-2-4-8-12)21-14-10-6-5-9-13(14)15(18)19/h5-6,9-10,12,16H,2-4,7-8H2,1H3,(H,18,19). The molecule has 1 unspecified atom stereocenters. The van der Waals surface area contributed by atoms with Crippen molar-refractivity contribution in [2.24, 2.45) is 5.92 Å². The van der Waals surface area contributed by atoms with E-state index in [1.54, 1.807) is 18.2 Å². The molecule has 1 aromatic rings. The maximum Gasteiger partial charge on any atom is 0.339 e. The minimum atomic E-state index is -1.06. The number of carbonyl (C=O) groups is 2. The predicted molar refractivity (Wildman–Crippen MR) is 76.2 cm³/mol. The minimum absolute atomic E-state index is 0.0745. The van der Waals surface area contributed by atoms with Crippen molar-refractivity contribution in [1.82, 2.24) is 0 Å². The van der Waals surface area contributed by atoms with Gasteiger partial charge in [0.2, 0.25) is 6.29 Å². The van der Waals surface area contributed by atoms with Gasteiger partial charge in [-0.1, -0.05) is 31.4 Å². The third kappa shape index (κ3) is 4.21. The number of aromatic carboxylic acids is 1. The number of hydrogen-bond donors (Lipinski definition) is 1. The Kier molecular flexibility index (Phi) is 5.20. The van der Waals surface area contributed by atoms with E-state index >= 15 is 0 Å². The van der Waals surface area contributed by atoms with Crippen LogP contribution in [0, 0.1) is 5.92 Å². The van der Waals surface area contributed by atoms with E-state index in [0.717, 1.165) is 25.7 Å². The number of rotatable bonds is 5. The van der Waals surface area contributed by atoms with E-state index in [1.165, 1.54) is 19.4 Å². The van der Waals surface area contributed by atoms with Crippen LogP contribution in [0.15, 0.2) is 24.3 Å². The van der Waals surface area contributed by atoms with Gasteiger partial charge in [0.25, 0.3) is 0 Å². The number of carboxylic acid groups (broad SMARTS) is 1. The molecule has 0 saturated heterocycles. The van der Waals surface area contributed by atoms with E-state index in [9.17, 15) is 14.7 Å². The molecule has 21 heavy (non-hydrogen) atoms. The van der Waals surface area contributed by atoms with Crippen molar-refractivity contribution >= 4 is 11.9 Å². The van der Waals surface area contributed by atoms with Crippen LogP contribution in [0.4, 0.5) is 0 Å². The van der Waals surface area contributed by atoms with E-state index in [2.05, 4.69) is 0 Å². The van der Waals surface area contributed by atoms with Crippen LogP contribution in [0.2, 0.25) is 0 Å². The van der Waals surface area contributed by atoms with Gasteiger partial charge in [0.15, 0.2) is 0 Å². The average molecular weight is 292 g/mol. The van der Waals surface area contributed by atoms with Gasteiger partial charge in [0.1, 0.15) is 11.3 Å². The number of hydrogen-bond acceptors (Lipinski definition) is 4. The lowest BCUT2D eigenvalue weighted by Crippen LogP contribution is -2.33. The normalized spacial score (nSPS) is 17.0. The highest BCUT2D eigenvalue weighted by Crippen LogP contribution is 2.30. The van der Waals surface area contributed by atoms with Gasteiger partial charge in [-0.25, -0.2) is 4.79 Å². The summed E-state index contributed by atoms with van der Waals surface area (Å²) in [5, 5.41) is 9.18. The lowest BCUT2D eigenvalue weighted by atomic mass is 9.89. The van der Waals surface area contributed by atoms with Gasteiger partial charge in [-0.15, -0.1) is 0 Å². The van der Waals surface area contributed by atoms with Gasteiger partial charge in [-0.2, -0.15) is 0 Å². The van der Waals surface area contributed by atoms with Crippen molar-refractivity contribution in [3.63, 3.8) is 0 Å². The van der Waals surface area contributed by atoms with E-state index in [0.29, 0.717) is 0 Å². The fraction of sp³-hybridized carbons (Fsp3) is 0.500. The second kappa shape index (κ2) is 7.11. The highest BCUT2D eigenvalue weighted by Gasteiger charge is 2.29. The highest BCUT2D eigenvalue weighted by atomic mass is 16.7. The molecular weight excluding hydrogens is 272 g/mol. The Labute approximate surface area is 123 Å². The molecule has 1 fully saturated rings. The first-order valence-corrected chi connectivity index (χ1v) is 7.24. The summed E-state index contributed by atoms with van der Waals surface area (Å²) in [6.45, 7) is 1.34. The first kappa shape index (κ1) is 15.4. The summed E-state index contributed by atoms with van der Waals surface area (Å²) in [6, 6.07) is 6.40. The maximum absolute atomic E-state index is 11.3. The minimum Gasteiger partial charge on any atom is -0.478 e. The summed E-state index contributed by atoms with van der Waals surface area (Å²) in [4.78, 5) is 22.5. The average Bonchev–Trinajstić information content (AvgIpc) is 2.47. The fourth-order valence-electron chi connectivity index (χ4n) is 2.66. The Bertz CT molecular complexity index is 505. The van der Waals surface area contributed by atoms with Crippen LogP contribution in [0.3, 0.4) is 0 Å². The van der Waals surface area contributed by atoms with Crippen molar-refractivity contribution in [2.45, 2.75) is 45.3 Å². The number of para-hydroxylation sites is 1. The predicted octanol–water partition coefficient (Wildman–Crippen LogP) is 3.23. The van der Waals surface area contributed by atoms with Gasteiger partial charge in [-0.3, -0.25) is 4.79 Å². The highest BCUT2D eigenvalue weighted by molar-refractivity contribution is 5.90. The van der Waals surface area contributed by atoms with Crippen LogP contribution in [0.5, 0.6) is 5.75 Å². The van der Waals surface area contributed by atoms with Crippen LogP contribution in [-0.4, -0.2) is 23.3 Å². The Morgan fingerprint density at radius 1 is 1.19 bits per heavy atom. The fourth-order valence-corrected chi connectivity index (χ4v) is 2.66. The number of esters is 1. The monoisotopic (exact) mass is 292 g/mol. The van der Waals surface area contributed by atoms with E-state index in [-0.39, 0.29) is 17.2 Å². The van der Waals surface area contributed by atoms with Crippen molar-refractivity contribution in [3.8, 4) is 5.75 Å². The maximum atomic E-state index is 11.3. The Morgan fingerprint density at radius 3 is 2.48 bits per heavy atom. The zero-order valence-corrected chi connectivity index (χ0v) is 12.1. The summed E-state index contributed by atoms with van der Waals surface area (Å²) in [6.07, 6.45) is 4.46. The van der Waals surface area contributed by atoms with Crippen molar-refractivity contribution in [1.29, 1.82) is 0 Å². The van der Waals surface area contributed by atoms with E-state index in [4.69, 9.17) is 9.47 Å². The SMILES string of the molecule is CC(=O)OC(Oc1ccccc1C(=O)O)C1CCCCC1. The van der Waals surface area contributed by atoms with Crippen molar-refractivity contribution in [2.75, 3.05) is 0 Å². The molecule has 0 spiro atoms. The lowest BCUT2D eigenvalue weighted by molar-refractivity contribution is -0.170. The summed E-state index contributed by atoms with van der Waals surface area (Å²) >= 11 is 0. The Hall–Kier alpha value is -2.04. The van der Waals surface area contributed by atoms with E-state index in [1.807, 2.05) is 0 Å². The van der Waals surface area contributed by atoms with E-state index < -0.39 is 18.2 Å². The molecule has 1 saturated carbocycles.